The van der Waals surface area contributed by atoms with Crippen molar-refractivity contribution in [3.8, 4) is 6.07 Å². The van der Waals surface area contributed by atoms with Gasteiger partial charge in [-0.05, 0) is 43.2 Å². The van der Waals surface area contributed by atoms with Gasteiger partial charge in [0.1, 0.15) is 11.6 Å². The molecule has 102 valence electrons. The Morgan fingerprint density at radius 3 is 2.35 bits per heavy atom. The van der Waals surface area contributed by atoms with E-state index in [4.69, 9.17) is 5.26 Å². The van der Waals surface area contributed by atoms with Crippen LogP contribution in [-0.2, 0) is 0 Å². The first-order valence-electron chi connectivity index (χ1n) is 6.23. The van der Waals surface area contributed by atoms with Gasteiger partial charge in [-0.2, -0.15) is 5.26 Å². The second-order valence-corrected chi connectivity index (χ2v) is 4.68. The van der Waals surface area contributed by atoms with Crippen molar-refractivity contribution in [2.45, 2.75) is 19.9 Å². The van der Waals surface area contributed by atoms with E-state index in [1.165, 1.54) is 13.0 Å². The lowest BCUT2D eigenvalue weighted by Crippen LogP contribution is -2.08. The highest BCUT2D eigenvalue weighted by Crippen LogP contribution is 2.24. The van der Waals surface area contributed by atoms with Crippen molar-refractivity contribution >= 4 is 5.69 Å². The molecule has 2 rings (SSSR count). The topological polar surface area (TPSA) is 35.8 Å². The zero-order valence-corrected chi connectivity index (χ0v) is 11.2. The summed E-state index contributed by atoms with van der Waals surface area (Å²) in [4.78, 5) is 0. The number of rotatable bonds is 3. The number of benzene rings is 2. The van der Waals surface area contributed by atoms with Crippen LogP contribution in [-0.4, -0.2) is 0 Å². The van der Waals surface area contributed by atoms with Gasteiger partial charge in [-0.3, -0.25) is 0 Å². The summed E-state index contributed by atoms with van der Waals surface area (Å²) in [5.41, 5.74) is 1.86. The van der Waals surface area contributed by atoms with Crippen molar-refractivity contribution in [3.05, 3.63) is 64.7 Å². The highest BCUT2D eigenvalue weighted by molar-refractivity contribution is 5.49. The molecule has 1 unspecified atom stereocenters. The van der Waals surface area contributed by atoms with E-state index in [2.05, 4.69) is 5.32 Å². The molecular weight excluding hydrogens is 258 g/mol. The van der Waals surface area contributed by atoms with Crippen molar-refractivity contribution in [2.75, 3.05) is 5.32 Å². The number of nitrogens with one attached hydrogen (secondary N) is 1. The number of halogens is 2. The summed E-state index contributed by atoms with van der Waals surface area (Å²) in [6, 6.07) is 11.1. The lowest BCUT2D eigenvalue weighted by Gasteiger charge is -2.17. The Kier molecular flexibility index (Phi) is 3.99. The summed E-state index contributed by atoms with van der Waals surface area (Å²) in [5, 5.41) is 11.7. The summed E-state index contributed by atoms with van der Waals surface area (Å²) in [7, 11) is 0. The molecular formula is C16H14F2N2. The van der Waals surface area contributed by atoms with Crippen LogP contribution in [0.5, 0.6) is 0 Å². The smallest absolute Gasteiger partial charge is 0.146 e. The second kappa shape index (κ2) is 5.70. The molecule has 4 heteroatoms. The van der Waals surface area contributed by atoms with E-state index in [9.17, 15) is 8.78 Å². The summed E-state index contributed by atoms with van der Waals surface area (Å²) in [5.74, 6) is -0.926. The maximum absolute atomic E-state index is 13.8. The molecule has 0 aliphatic carbocycles. The second-order valence-electron chi connectivity index (χ2n) is 4.68. The molecule has 0 saturated carbocycles. The van der Waals surface area contributed by atoms with Crippen LogP contribution < -0.4 is 5.32 Å². The third-order valence-corrected chi connectivity index (χ3v) is 3.16. The largest absolute Gasteiger partial charge is 0.376 e. The minimum atomic E-state index is -0.482. The summed E-state index contributed by atoms with van der Waals surface area (Å²) >= 11 is 0. The van der Waals surface area contributed by atoms with Gasteiger partial charge < -0.3 is 5.32 Å². The Bertz CT molecular complexity index is 657. The minimum Gasteiger partial charge on any atom is -0.376 e. The normalized spacial score (nSPS) is 11.8. The van der Waals surface area contributed by atoms with Crippen LogP contribution in [0.25, 0.3) is 0 Å². The highest BCUT2D eigenvalue weighted by atomic mass is 19.1. The predicted octanol–water partition coefficient (Wildman–Crippen LogP) is 4.32. The van der Waals surface area contributed by atoms with E-state index in [0.29, 0.717) is 5.56 Å². The van der Waals surface area contributed by atoms with E-state index in [0.717, 1.165) is 11.6 Å². The molecule has 0 saturated heterocycles. The number of nitriles is 1. The molecule has 0 radical (unpaired) electrons. The average Bonchev–Trinajstić information content (AvgIpc) is 2.44. The molecule has 0 aliphatic rings. The summed E-state index contributed by atoms with van der Waals surface area (Å²) in [6.07, 6.45) is 0. The van der Waals surface area contributed by atoms with E-state index in [1.54, 1.807) is 24.3 Å². The van der Waals surface area contributed by atoms with Gasteiger partial charge in [-0.15, -0.1) is 0 Å². The lowest BCUT2D eigenvalue weighted by molar-refractivity contribution is 0.593. The third kappa shape index (κ3) is 2.94. The van der Waals surface area contributed by atoms with Crippen LogP contribution in [0.15, 0.2) is 36.4 Å². The Morgan fingerprint density at radius 2 is 1.75 bits per heavy atom. The number of hydrogen-bond acceptors (Lipinski definition) is 2. The lowest BCUT2D eigenvalue weighted by atomic mass is 10.1. The Balaban J connectivity index is 2.21. The van der Waals surface area contributed by atoms with E-state index in [-0.39, 0.29) is 17.3 Å². The van der Waals surface area contributed by atoms with Crippen LogP contribution in [0.1, 0.15) is 29.7 Å². The van der Waals surface area contributed by atoms with Gasteiger partial charge >= 0.3 is 0 Å². The fourth-order valence-electron chi connectivity index (χ4n) is 1.92. The Hall–Kier alpha value is -2.41. The molecule has 0 amide bonds. The van der Waals surface area contributed by atoms with Gasteiger partial charge in [0.2, 0.25) is 0 Å². The molecule has 0 aliphatic heterocycles. The van der Waals surface area contributed by atoms with Crippen molar-refractivity contribution < 1.29 is 8.78 Å². The van der Waals surface area contributed by atoms with E-state index < -0.39 is 11.6 Å². The number of hydrogen-bond donors (Lipinski definition) is 1. The predicted molar refractivity (Wildman–Crippen MR) is 74.3 cm³/mol. The van der Waals surface area contributed by atoms with Crippen LogP contribution in [0.2, 0.25) is 0 Å². The quantitative estimate of drug-likeness (QED) is 0.903. The van der Waals surface area contributed by atoms with E-state index >= 15 is 0 Å². The zero-order chi connectivity index (χ0) is 14.7. The Labute approximate surface area is 116 Å². The first-order valence-corrected chi connectivity index (χ1v) is 6.23. The van der Waals surface area contributed by atoms with Crippen molar-refractivity contribution in [3.63, 3.8) is 0 Å². The molecule has 0 spiro atoms. The number of nitrogens with zero attached hydrogens (tertiary/aromatic N) is 1. The minimum absolute atomic E-state index is 0.130. The third-order valence-electron chi connectivity index (χ3n) is 3.16. The SMILES string of the molecule is Cc1cc(F)c(NC(C)c2ccc(C#N)cc2)cc1F. The first kappa shape index (κ1) is 14.0. The van der Waals surface area contributed by atoms with Crippen LogP contribution in [0.4, 0.5) is 14.5 Å². The molecule has 0 aromatic heterocycles. The van der Waals surface area contributed by atoms with Gasteiger partial charge in [-0.1, -0.05) is 12.1 Å². The van der Waals surface area contributed by atoms with Gasteiger partial charge in [0.05, 0.1) is 17.3 Å². The maximum atomic E-state index is 13.8. The molecule has 1 atom stereocenters. The van der Waals surface area contributed by atoms with Crippen molar-refractivity contribution in [1.29, 1.82) is 5.26 Å². The molecule has 2 nitrogen and oxygen atoms in total. The molecule has 2 aromatic carbocycles. The van der Waals surface area contributed by atoms with Crippen LogP contribution >= 0.6 is 0 Å². The summed E-state index contributed by atoms with van der Waals surface area (Å²) in [6.45, 7) is 3.37. The molecule has 0 heterocycles. The summed E-state index contributed by atoms with van der Waals surface area (Å²) < 4.78 is 27.2. The van der Waals surface area contributed by atoms with Gasteiger partial charge in [0.25, 0.3) is 0 Å². The molecule has 0 fully saturated rings. The van der Waals surface area contributed by atoms with Crippen molar-refractivity contribution in [2.24, 2.45) is 0 Å². The average molecular weight is 272 g/mol. The number of aryl methyl sites for hydroxylation is 1. The number of anilines is 1. The molecule has 1 N–H and O–H groups in total. The van der Waals surface area contributed by atoms with Gasteiger partial charge in [0.15, 0.2) is 0 Å². The monoisotopic (exact) mass is 272 g/mol. The standard InChI is InChI=1S/C16H14F2N2/c1-10-7-15(18)16(8-14(10)17)20-11(2)13-5-3-12(9-19)4-6-13/h3-8,11,20H,1-2H3. The zero-order valence-electron chi connectivity index (χ0n) is 11.2. The van der Waals surface area contributed by atoms with Crippen LogP contribution in [0.3, 0.4) is 0 Å². The fourth-order valence-corrected chi connectivity index (χ4v) is 1.92. The fraction of sp³-hybridized carbons (Fsp3) is 0.188. The molecule has 2 aromatic rings. The maximum Gasteiger partial charge on any atom is 0.146 e. The van der Waals surface area contributed by atoms with E-state index in [1.807, 2.05) is 13.0 Å². The first-order chi connectivity index (χ1) is 9.51. The van der Waals surface area contributed by atoms with Gasteiger partial charge in [-0.25, -0.2) is 8.78 Å². The van der Waals surface area contributed by atoms with Crippen molar-refractivity contribution in [1.82, 2.24) is 0 Å². The Morgan fingerprint density at radius 1 is 1.10 bits per heavy atom. The molecule has 20 heavy (non-hydrogen) atoms. The van der Waals surface area contributed by atoms with Gasteiger partial charge in [0, 0.05) is 12.1 Å². The molecule has 0 bridgehead atoms. The van der Waals surface area contributed by atoms with Crippen LogP contribution in [0, 0.1) is 29.9 Å². The highest BCUT2D eigenvalue weighted by Gasteiger charge is 2.11.